The summed E-state index contributed by atoms with van der Waals surface area (Å²) in [5.41, 5.74) is 6.67. The number of rotatable bonds is 6. The summed E-state index contributed by atoms with van der Waals surface area (Å²) in [6, 6.07) is 12.7. The molecule has 5 heteroatoms. The standard InChI is InChI=1S/C25H31N5/c1-18-6-5-8-21-24(18)28-25(27-21)20-9-10-23-22(16-20)26-17-30(23)13-4-3-7-19-11-14-29(2)15-12-19/h5-6,8-10,16-17,19H,3-4,7,11-15H2,1-2H3,(H,27,28). The quantitative estimate of drug-likeness (QED) is 0.440. The van der Waals surface area contributed by atoms with E-state index in [9.17, 15) is 0 Å². The molecule has 0 aliphatic carbocycles. The van der Waals surface area contributed by atoms with Crippen molar-refractivity contribution in [2.45, 2.75) is 45.6 Å². The number of likely N-dealkylation sites (tertiary alicyclic amines) is 1. The van der Waals surface area contributed by atoms with Crippen molar-refractivity contribution in [2.75, 3.05) is 20.1 Å². The Labute approximate surface area is 178 Å². The number of H-pyrrole nitrogens is 1. The van der Waals surface area contributed by atoms with Crippen LogP contribution in [0.5, 0.6) is 0 Å². The molecular formula is C25H31N5. The van der Waals surface area contributed by atoms with Crippen molar-refractivity contribution in [3.05, 3.63) is 48.3 Å². The summed E-state index contributed by atoms with van der Waals surface area (Å²) in [6.45, 7) is 5.69. The van der Waals surface area contributed by atoms with Gasteiger partial charge in [0.15, 0.2) is 0 Å². The lowest BCUT2D eigenvalue weighted by molar-refractivity contribution is 0.209. The third kappa shape index (κ3) is 3.86. The summed E-state index contributed by atoms with van der Waals surface area (Å²) in [5, 5.41) is 0. The third-order valence-electron chi connectivity index (χ3n) is 6.71. The van der Waals surface area contributed by atoms with Crippen molar-refractivity contribution >= 4 is 22.1 Å². The van der Waals surface area contributed by atoms with Crippen LogP contribution in [0, 0.1) is 12.8 Å². The van der Waals surface area contributed by atoms with Gasteiger partial charge in [-0.15, -0.1) is 0 Å². The van der Waals surface area contributed by atoms with Gasteiger partial charge in [0.2, 0.25) is 0 Å². The highest BCUT2D eigenvalue weighted by atomic mass is 15.1. The molecule has 4 aromatic rings. The fourth-order valence-electron chi connectivity index (χ4n) is 4.77. The molecule has 5 nitrogen and oxygen atoms in total. The second-order valence-corrected chi connectivity index (χ2v) is 8.94. The highest BCUT2D eigenvalue weighted by Gasteiger charge is 2.16. The average molecular weight is 402 g/mol. The van der Waals surface area contributed by atoms with Crippen LogP contribution in [-0.2, 0) is 6.54 Å². The molecule has 2 aromatic heterocycles. The maximum Gasteiger partial charge on any atom is 0.138 e. The number of fused-ring (bicyclic) bond motifs is 2. The number of piperidine rings is 1. The summed E-state index contributed by atoms with van der Waals surface area (Å²) in [4.78, 5) is 15.4. The minimum atomic E-state index is 0.911. The van der Waals surface area contributed by atoms with E-state index in [0.717, 1.165) is 40.4 Å². The van der Waals surface area contributed by atoms with Crippen LogP contribution >= 0.6 is 0 Å². The van der Waals surface area contributed by atoms with E-state index < -0.39 is 0 Å². The summed E-state index contributed by atoms with van der Waals surface area (Å²) in [5.74, 6) is 1.84. The second kappa shape index (κ2) is 8.23. The van der Waals surface area contributed by atoms with E-state index in [1.54, 1.807) is 0 Å². The smallest absolute Gasteiger partial charge is 0.138 e. The Balaban J connectivity index is 1.25. The van der Waals surface area contributed by atoms with E-state index in [1.807, 2.05) is 6.33 Å². The lowest BCUT2D eigenvalue weighted by Gasteiger charge is -2.28. The Bertz CT molecular complexity index is 1150. The number of para-hydroxylation sites is 1. The molecule has 1 fully saturated rings. The maximum atomic E-state index is 4.81. The highest BCUT2D eigenvalue weighted by Crippen LogP contribution is 2.26. The number of hydrogen-bond donors (Lipinski definition) is 1. The fourth-order valence-corrected chi connectivity index (χ4v) is 4.77. The van der Waals surface area contributed by atoms with E-state index in [-0.39, 0.29) is 0 Å². The zero-order valence-electron chi connectivity index (χ0n) is 18.1. The molecule has 30 heavy (non-hydrogen) atoms. The minimum absolute atomic E-state index is 0.911. The Kier molecular flexibility index (Phi) is 5.30. The number of unbranched alkanes of at least 4 members (excludes halogenated alkanes) is 1. The predicted octanol–water partition coefficient (Wildman–Crippen LogP) is 5.40. The van der Waals surface area contributed by atoms with Crippen LogP contribution in [-0.4, -0.2) is 44.6 Å². The van der Waals surface area contributed by atoms with Crippen molar-refractivity contribution in [1.29, 1.82) is 0 Å². The predicted molar refractivity (Wildman–Crippen MR) is 124 cm³/mol. The molecule has 0 radical (unpaired) electrons. The summed E-state index contributed by atoms with van der Waals surface area (Å²) in [6.07, 6.45) is 8.64. The zero-order valence-corrected chi connectivity index (χ0v) is 18.1. The Morgan fingerprint density at radius 1 is 1.10 bits per heavy atom. The van der Waals surface area contributed by atoms with E-state index in [1.165, 1.54) is 56.3 Å². The Morgan fingerprint density at radius 3 is 2.80 bits per heavy atom. The Hall–Kier alpha value is -2.66. The average Bonchev–Trinajstić information content (AvgIpc) is 3.37. The monoisotopic (exact) mass is 401 g/mol. The molecule has 0 spiro atoms. The van der Waals surface area contributed by atoms with E-state index in [2.05, 4.69) is 69.8 Å². The second-order valence-electron chi connectivity index (χ2n) is 8.94. The molecule has 0 saturated carbocycles. The van der Waals surface area contributed by atoms with Gasteiger partial charge in [-0.1, -0.05) is 25.0 Å². The largest absolute Gasteiger partial charge is 0.338 e. The van der Waals surface area contributed by atoms with E-state index >= 15 is 0 Å². The van der Waals surface area contributed by atoms with Crippen LogP contribution in [0.1, 0.15) is 37.7 Å². The number of nitrogens with zero attached hydrogens (tertiary/aromatic N) is 4. The molecular weight excluding hydrogens is 370 g/mol. The number of aromatic amines is 1. The third-order valence-corrected chi connectivity index (χ3v) is 6.71. The zero-order chi connectivity index (χ0) is 20.5. The van der Waals surface area contributed by atoms with Gasteiger partial charge in [0.05, 0.1) is 28.4 Å². The molecule has 156 valence electrons. The lowest BCUT2D eigenvalue weighted by atomic mass is 9.92. The van der Waals surface area contributed by atoms with Crippen molar-refractivity contribution in [1.82, 2.24) is 24.4 Å². The van der Waals surface area contributed by atoms with Crippen LogP contribution in [0.15, 0.2) is 42.7 Å². The molecule has 0 atom stereocenters. The van der Waals surface area contributed by atoms with Crippen LogP contribution < -0.4 is 0 Å². The molecule has 1 aliphatic heterocycles. The summed E-state index contributed by atoms with van der Waals surface area (Å²) >= 11 is 0. The minimum Gasteiger partial charge on any atom is -0.338 e. The van der Waals surface area contributed by atoms with Crippen molar-refractivity contribution in [3.63, 3.8) is 0 Å². The van der Waals surface area contributed by atoms with Gasteiger partial charge in [-0.3, -0.25) is 0 Å². The number of nitrogens with one attached hydrogen (secondary N) is 1. The van der Waals surface area contributed by atoms with E-state index in [4.69, 9.17) is 4.98 Å². The molecule has 0 amide bonds. The number of aryl methyl sites for hydroxylation is 2. The van der Waals surface area contributed by atoms with Gasteiger partial charge in [-0.2, -0.15) is 0 Å². The van der Waals surface area contributed by atoms with Crippen LogP contribution in [0.2, 0.25) is 0 Å². The van der Waals surface area contributed by atoms with Gasteiger partial charge < -0.3 is 14.5 Å². The molecule has 0 unspecified atom stereocenters. The first kappa shape index (κ1) is 19.3. The molecule has 1 aliphatic rings. The van der Waals surface area contributed by atoms with Crippen LogP contribution in [0.3, 0.4) is 0 Å². The molecule has 1 saturated heterocycles. The van der Waals surface area contributed by atoms with Gasteiger partial charge in [0, 0.05) is 12.1 Å². The van der Waals surface area contributed by atoms with Crippen LogP contribution in [0.4, 0.5) is 0 Å². The van der Waals surface area contributed by atoms with Crippen molar-refractivity contribution in [2.24, 2.45) is 5.92 Å². The van der Waals surface area contributed by atoms with Gasteiger partial charge in [-0.05, 0) is 82.1 Å². The normalized spacial score (nSPS) is 16.1. The summed E-state index contributed by atoms with van der Waals surface area (Å²) in [7, 11) is 2.24. The molecule has 3 heterocycles. The Morgan fingerprint density at radius 2 is 1.97 bits per heavy atom. The van der Waals surface area contributed by atoms with Gasteiger partial charge >= 0.3 is 0 Å². The fraction of sp³-hybridized carbons (Fsp3) is 0.440. The summed E-state index contributed by atoms with van der Waals surface area (Å²) < 4.78 is 2.30. The maximum absolute atomic E-state index is 4.81. The van der Waals surface area contributed by atoms with Gasteiger partial charge in [0.1, 0.15) is 5.82 Å². The molecule has 2 aromatic carbocycles. The molecule has 1 N–H and O–H groups in total. The first-order valence-electron chi connectivity index (χ1n) is 11.3. The molecule has 5 rings (SSSR count). The van der Waals surface area contributed by atoms with E-state index in [0.29, 0.717) is 0 Å². The first-order chi connectivity index (χ1) is 14.7. The van der Waals surface area contributed by atoms with Gasteiger partial charge in [0.25, 0.3) is 0 Å². The number of imidazole rings is 2. The molecule has 0 bridgehead atoms. The first-order valence-corrected chi connectivity index (χ1v) is 11.3. The highest BCUT2D eigenvalue weighted by molar-refractivity contribution is 5.85. The van der Waals surface area contributed by atoms with Crippen molar-refractivity contribution < 1.29 is 0 Å². The topological polar surface area (TPSA) is 49.7 Å². The lowest BCUT2D eigenvalue weighted by Crippen LogP contribution is -2.30. The number of aromatic nitrogens is 4. The van der Waals surface area contributed by atoms with Crippen molar-refractivity contribution in [3.8, 4) is 11.4 Å². The van der Waals surface area contributed by atoms with Crippen LogP contribution in [0.25, 0.3) is 33.5 Å². The number of hydrogen-bond acceptors (Lipinski definition) is 3. The SMILES string of the molecule is Cc1cccc2[nH]c(-c3ccc4c(c3)ncn4CCCCC3CCN(C)CC3)nc12. The number of benzene rings is 2. The van der Waals surface area contributed by atoms with Gasteiger partial charge in [-0.25, -0.2) is 9.97 Å².